The Labute approximate surface area is 94.9 Å². The maximum absolute atomic E-state index is 5.69. The van der Waals surface area contributed by atoms with Crippen LogP contribution in [0.5, 0.6) is 11.6 Å². The first-order valence-corrected chi connectivity index (χ1v) is 5.12. The second kappa shape index (κ2) is 4.23. The van der Waals surface area contributed by atoms with Crippen LogP contribution in [0.4, 0.5) is 5.69 Å². The average Bonchev–Trinajstić information content (AvgIpc) is 2.24. The van der Waals surface area contributed by atoms with Crippen LogP contribution in [0, 0.1) is 13.8 Å². The number of rotatable bonds is 2. The fraction of sp³-hybridized carbons (Fsp3) is 0.154. The molecule has 0 atom stereocenters. The van der Waals surface area contributed by atoms with Crippen molar-refractivity contribution in [2.24, 2.45) is 0 Å². The minimum absolute atomic E-state index is 0.567. The summed E-state index contributed by atoms with van der Waals surface area (Å²) in [6, 6.07) is 9.68. The molecule has 0 saturated heterocycles. The number of aromatic nitrogens is 1. The van der Waals surface area contributed by atoms with Gasteiger partial charge >= 0.3 is 0 Å². The Morgan fingerprint density at radius 3 is 2.69 bits per heavy atom. The van der Waals surface area contributed by atoms with Crippen LogP contribution in [-0.2, 0) is 0 Å². The molecule has 16 heavy (non-hydrogen) atoms. The van der Waals surface area contributed by atoms with Crippen molar-refractivity contribution in [3.8, 4) is 11.6 Å². The van der Waals surface area contributed by atoms with Gasteiger partial charge in [-0.25, -0.2) is 4.98 Å². The number of nitrogen functional groups attached to an aromatic ring is 1. The summed E-state index contributed by atoms with van der Waals surface area (Å²) in [6.07, 6.45) is 1.61. The van der Waals surface area contributed by atoms with E-state index in [0.29, 0.717) is 11.6 Å². The molecular weight excluding hydrogens is 200 g/mol. The van der Waals surface area contributed by atoms with Crippen LogP contribution in [0.2, 0.25) is 0 Å². The molecule has 2 aromatic rings. The van der Waals surface area contributed by atoms with E-state index >= 15 is 0 Å². The summed E-state index contributed by atoms with van der Waals surface area (Å²) >= 11 is 0. The van der Waals surface area contributed by atoms with Gasteiger partial charge in [0.15, 0.2) is 0 Å². The molecule has 0 unspecified atom stereocenters. The van der Waals surface area contributed by atoms with E-state index in [9.17, 15) is 0 Å². The van der Waals surface area contributed by atoms with Gasteiger partial charge in [-0.15, -0.1) is 0 Å². The molecule has 0 saturated carbocycles. The smallest absolute Gasteiger partial charge is 0.219 e. The van der Waals surface area contributed by atoms with Gasteiger partial charge in [-0.1, -0.05) is 12.1 Å². The number of hydrogen-bond donors (Lipinski definition) is 1. The van der Waals surface area contributed by atoms with Crippen LogP contribution in [0.1, 0.15) is 11.1 Å². The van der Waals surface area contributed by atoms with Crippen molar-refractivity contribution in [1.82, 2.24) is 4.98 Å². The molecule has 0 spiro atoms. The van der Waals surface area contributed by atoms with E-state index in [1.165, 1.54) is 0 Å². The predicted molar refractivity (Wildman–Crippen MR) is 64.6 cm³/mol. The maximum atomic E-state index is 5.69. The monoisotopic (exact) mass is 214 g/mol. The van der Waals surface area contributed by atoms with Gasteiger partial charge < -0.3 is 10.5 Å². The van der Waals surface area contributed by atoms with Crippen LogP contribution in [0.15, 0.2) is 36.5 Å². The van der Waals surface area contributed by atoms with Crippen molar-refractivity contribution in [2.75, 3.05) is 5.73 Å². The third kappa shape index (κ3) is 2.31. The predicted octanol–water partition coefficient (Wildman–Crippen LogP) is 3.07. The first kappa shape index (κ1) is 10.5. The fourth-order valence-electron chi connectivity index (χ4n) is 1.40. The van der Waals surface area contributed by atoms with E-state index in [2.05, 4.69) is 4.98 Å². The van der Waals surface area contributed by atoms with E-state index in [0.717, 1.165) is 16.9 Å². The van der Waals surface area contributed by atoms with Gasteiger partial charge in [0.1, 0.15) is 5.75 Å². The molecule has 3 heteroatoms. The molecule has 1 heterocycles. The minimum Gasteiger partial charge on any atom is -0.439 e. The van der Waals surface area contributed by atoms with Crippen molar-refractivity contribution in [2.45, 2.75) is 13.8 Å². The number of anilines is 1. The molecule has 82 valence electrons. The lowest BCUT2D eigenvalue weighted by Gasteiger charge is -2.06. The molecule has 2 N–H and O–H groups in total. The van der Waals surface area contributed by atoms with Gasteiger partial charge in [-0.05, 0) is 37.1 Å². The van der Waals surface area contributed by atoms with Crippen LogP contribution < -0.4 is 10.5 Å². The average molecular weight is 214 g/mol. The summed E-state index contributed by atoms with van der Waals surface area (Å²) in [5, 5.41) is 0. The van der Waals surface area contributed by atoms with Crippen molar-refractivity contribution in [1.29, 1.82) is 0 Å². The molecule has 3 nitrogen and oxygen atoms in total. The first-order valence-electron chi connectivity index (χ1n) is 5.12. The zero-order chi connectivity index (χ0) is 11.5. The lowest BCUT2D eigenvalue weighted by atomic mass is 10.2. The molecule has 1 aromatic carbocycles. The van der Waals surface area contributed by atoms with E-state index in [4.69, 9.17) is 10.5 Å². The Hall–Kier alpha value is -2.03. The molecule has 0 aliphatic carbocycles. The van der Waals surface area contributed by atoms with Crippen LogP contribution >= 0.6 is 0 Å². The highest BCUT2D eigenvalue weighted by Crippen LogP contribution is 2.22. The molecule has 0 aliphatic heterocycles. The van der Waals surface area contributed by atoms with Crippen LogP contribution in [0.3, 0.4) is 0 Å². The number of ether oxygens (including phenoxy) is 1. The number of nitrogens with two attached hydrogens (primary N) is 1. The van der Waals surface area contributed by atoms with Crippen molar-refractivity contribution < 1.29 is 4.74 Å². The Morgan fingerprint density at radius 1 is 1.19 bits per heavy atom. The fourth-order valence-corrected chi connectivity index (χ4v) is 1.40. The van der Waals surface area contributed by atoms with Crippen LogP contribution in [0.25, 0.3) is 0 Å². The molecular formula is C13H14N2O. The second-order valence-corrected chi connectivity index (χ2v) is 3.80. The summed E-state index contributed by atoms with van der Waals surface area (Å²) in [4.78, 5) is 4.12. The summed E-state index contributed by atoms with van der Waals surface area (Å²) in [5.74, 6) is 1.36. The van der Waals surface area contributed by atoms with Crippen molar-refractivity contribution in [3.63, 3.8) is 0 Å². The van der Waals surface area contributed by atoms with E-state index < -0.39 is 0 Å². The lowest BCUT2D eigenvalue weighted by molar-refractivity contribution is 0.462. The lowest BCUT2D eigenvalue weighted by Crippen LogP contribution is -1.94. The van der Waals surface area contributed by atoms with Crippen LogP contribution in [-0.4, -0.2) is 4.98 Å². The molecule has 0 fully saturated rings. The van der Waals surface area contributed by atoms with Gasteiger partial charge in [0.25, 0.3) is 0 Å². The topological polar surface area (TPSA) is 48.1 Å². The van der Waals surface area contributed by atoms with E-state index in [1.807, 2.05) is 44.2 Å². The SMILES string of the molecule is Cc1cccc(Oc2cc(C)c(N)cn2)c1. The van der Waals surface area contributed by atoms with Crippen molar-refractivity contribution >= 4 is 5.69 Å². The number of hydrogen-bond acceptors (Lipinski definition) is 3. The molecule has 0 amide bonds. The molecule has 2 rings (SSSR count). The Bertz CT molecular complexity index is 509. The number of benzene rings is 1. The summed E-state index contributed by atoms with van der Waals surface area (Å²) in [5.41, 5.74) is 8.49. The Kier molecular flexibility index (Phi) is 2.77. The minimum atomic E-state index is 0.567. The number of pyridine rings is 1. The molecule has 0 bridgehead atoms. The largest absolute Gasteiger partial charge is 0.439 e. The Morgan fingerprint density at radius 2 is 2.00 bits per heavy atom. The zero-order valence-electron chi connectivity index (χ0n) is 9.40. The second-order valence-electron chi connectivity index (χ2n) is 3.80. The third-order valence-electron chi connectivity index (χ3n) is 2.34. The van der Waals surface area contributed by atoms with Gasteiger partial charge in [0, 0.05) is 6.07 Å². The highest BCUT2D eigenvalue weighted by Gasteiger charge is 2.01. The number of aryl methyl sites for hydroxylation is 2. The third-order valence-corrected chi connectivity index (χ3v) is 2.34. The zero-order valence-corrected chi connectivity index (χ0v) is 9.40. The van der Waals surface area contributed by atoms with E-state index in [-0.39, 0.29) is 0 Å². The van der Waals surface area contributed by atoms with E-state index in [1.54, 1.807) is 6.20 Å². The molecule has 0 radical (unpaired) electrons. The van der Waals surface area contributed by atoms with Gasteiger partial charge in [-0.3, -0.25) is 0 Å². The molecule has 0 aliphatic rings. The maximum Gasteiger partial charge on any atom is 0.219 e. The quantitative estimate of drug-likeness (QED) is 0.835. The summed E-state index contributed by atoms with van der Waals surface area (Å²) in [7, 11) is 0. The normalized spacial score (nSPS) is 10.1. The highest BCUT2D eigenvalue weighted by molar-refractivity contribution is 5.46. The summed E-state index contributed by atoms with van der Waals surface area (Å²) in [6.45, 7) is 3.95. The highest BCUT2D eigenvalue weighted by atomic mass is 16.5. The summed E-state index contributed by atoms with van der Waals surface area (Å²) < 4.78 is 5.63. The Balaban J connectivity index is 2.24. The van der Waals surface area contributed by atoms with Gasteiger partial charge in [0.05, 0.1) is 11.9 Å². The molecule has 1 aromatic heterocycles. The van der Waals surface area contributed by atoms with Gasteiger partial charge in [0.2, 0.25) is 5.88 Å². The standard InChI is InChI=1S/C13H14N2O/c1-9-4-3-5-11(6-9)16-13-7-10(2)12(14)8-15-13/h3-8H,14H2,1-2H3. The van der Waals surface area contributed by atoms with Gasteiger partial charge in [-0.2, -0.15) is 0 Å². The first-order chi connectivity index (χ1) is 7.65. The van der Waals surface area contributed by atoms with Crippen molar-refractivity contribution in [3.05, 3.63) is 47.7 Å². The number of nitrogens with zero attached hydrogens (tertiary/aromatic N) is 1.